The molecular weight excluding hydrogens is 384 g/mol. The second kappa shape index (κ2) is 9.44. The maximum atomic E-state index is 12.8. The van der Waals surface area contributed by atoms with Gasteiger partial charge in [-0.2, -0.15) is 5.10 Å². The Hall–Kier alpha value is -2.65. The van der Waals surface area contributed by atoms with Gasteiger partial charge in [0.25, 0.3) is 5.56 Å². The highest BCUT2D eigenvalue weighted by Gasteiger charge is 2.25. The van der Waals surface area contributed by atoms with Gasteiger partial charge in [-0.05, 0) is 38.6 Å². The van der Waals surface area contributed by atoms with Crippen molar-refractivity contribution < 1.29 is 9.21 Å². The summed E-state index contributed by atoms with van der Waals surface area (Å²) in [6, 6.07) is 5.33. The lowest BCUT2D eigenvalue weighted by Crippen LogP contribution is -2.46. The van der Waals surface area contributed by atoms with Crippen LogP contribution in [0, 0.1) is 0 Å². The molecule has 1 N–H and O–H groups in total. The van der Waals surface area contributed by atoms with Crippen molar-refractivity contribution in [1.29, 1.82) is 0 Å². The molecule has 2 fully saturated rings. The molecule has 0 aliphatic carbocycles. The zero-order valence-corrected chi connectivity index (χ0v) is 17.5. The number of amides is 1. The van der Waals surface area contributed by atoms with Crippen LogP contribution in [0.4, 0.5) is 5.69 Å². The number of rotatable bonds is 6. The monoisotopic (exact) mass is 414 g/mol. The number of carbonyl (C=O) groups is 1. The molecule has 2 saturated heterocycles. The van der Waals surface area contributed by atoms with Crippen LogP contribution < -0.4 is 15.8 Å². The van der Waals surface area contributed by atoms with Crippen LogP contribution in [0.1, 0.15) is 24.6 Å². The lowest BCUT2D eigenvalue weighted by molar-refractivity contribution is -0.122. The third-order valence-corrected chi connectivity index (χ3v) is 5.91. The second-order valence-electron chi connectivity index (χ2n) is 8.17. The molecule has 1 atom stereocenters. The number of nitrogens with zero attached hydrogens (tertiary/aromatic N) is 5. The maximum absolute atomic E-state index is 12.8. The molecule has 30 heavy (non-hydrogen) atoms. The minimum atomic E-state index is -0.0689. The number of likely N-dealkylation sites (tertiary alicyclic amines) is 1. The Bertz CT molecular complexity index is 888. The van der Waals surface area contributed by atoms with Crippen LogP contribution in [-0.4, -0.2) is 78.3 Å². The number of aromatic nitrogens is 2. The van der Waals surface area contributed by atoms with Crippen molar-refractivity contribution in [2.24, 2.45) is 0 Å². The van der Waals surface area contributed by atoms with Gasteiger partial charge in [0, 0.05) is 38.8 Å². The minimum absolute atomic E-state index is 0.00865. The normalized spacial score (nSPS) is 21.0. The third kappa shape index (κ3) is 5.09. The molecule has 0 bridgehead atoms. The van der Waals surface area contributed by atoms with Crippen LogP contribution in [0.3, 0.4) is 0 Å². The second-order valence-corrected chi connectivity index (χ2v) is 8.17. The topological polar surface area (TPSA) is 86.8 Å². The molecule has 9 nitrogen and oxygen atoms in total. The summed E-state index contributed by atoms with van der Waals surface area (Å²) in [6.07, 6.45) is 5.23. The Labute approximate surface area is 176 Å². The Morgan fingerprint density at radius 3 is 2.83 bits per heavy atom. The van der Waals surface area contributed by atoms with E-state index in [4.69, 9.17) is 4.42 Å². The van der Waals surface area contributed by atoms with Crippen molar-refractivity contribution in [3.63, 3.8) is 0 Å². The molecule has 2 aliphatic heterocycles. The van der Waals surface area contributed by atoms with E-state index in [1.807, 2.05) is 12.3 Å². The number of likely N-dealkylation sites (N-methyl/N-ethyl adjacent to an activating group) is 1. The Kier molecular flexibility index (Phi) is 6.49. The lowest BCUT2D eigenvalue weighted by Gasteiger charge is -2.34. The molecule has 1 amide bonds. The van der Waals surface area contributed by atoms with Gasteiger partial charge in [-0.15, -0.1) is 0 Å². The Morgan fingerprint density at radius 1 is 1.27 bits per heavy atom. The molecule has 2 aliphatic rings. The summed E-state index contributed by atoms with van der Waals surface area (Å²) in [4.78, 5) is 31.6. The minimum Gasteiger partial charge on any atom is -0.467 e. The van der Waals surface area contributed by atoms with Crippen molar-refractivity contribution in [3.05, 3.63) is 46.8 Å². The number of hydrogen-bond donors (Lipinski definition) is 1. The van der Waals surface area contributed by atoms with Crippen LogP contribution in [0.15, 0.2) is 39.9 Å². The van der Waals surface area contributed by atoms with E-state index in [9.17, 15) is 9.59 Å². The highest BCUT2D eigenvalue weighted by Crippen LogP contribution is 2.20. The fraction of sp³-hybridized carbons (Fsp3) is 0.571. The van der Waals surface area contributed by atoms with Gasteiger partial charge in [-0.3, -0.25) is 14.5 Å². The van der Waals surface area contributed by atoms with Gasteiger partial charge >= 0.3 is 0 Å². The summed E-state index contributed by atoms with van der Waals surface area (Å²) in [5.41, 5.74) is 0.829. The largest absolute Gasteiger partial charge is 0.467 e. The molecule has 0 aromatic carbocycles. The first kappa shape index (κ1) is 20.6. The van der Waals surface area contributed by atoms with E-state index < -0.39 is 0 Å². The zero-order chi connectivity index (χ0) is 20.9. The predicted molar refractivity (Wildman–Crippen MR) is 113 cm³/mol. The summed E-state index contributed by atoms with van der Waals surface area (Å²) in [5.74, 6) is 0.689. The summed E-state index contributed by atoms with van der Waals surface area (Å²) in [7, 11) is 2.11. The smallest absolute Gasteiger partial charge is 0.269 e. The fourth-order valence-corrected chi connectivity index (χ4v) is 4.15. The molecule has 162 valence electrons. The van der Waals surface area contributed by atoms with Crippen molar-refractivity contribution in [3.8, 4) is 0 Å². The fourth-order valence-electron chi connectivity index (χ4n) is 4.15. The van der Waals surface area contributed by atoms with Crippen LogP contribution in [0.25, 0.3) is 0 Å². The van der Waals surface area contributed by atoms with Gasteiger partial charge in [0.05, 0.1) is 37.3 Å². The van der Waals surface area contributed by atoms with Crippen molar-refractivity contribution in [2.45, 2.75) is 25.4 Å². The number of piperazine rings is 1. The predicted octanol–water partition coefficient (Wildman–Crippen LogP) is 0.541. The van der Waals surface area contributed by atoms with E-state index >= 15 is 0 Å². The number of anilines is 1. The molecule has 4 rings (SSSR count). The highest BCUT2D eigenvalue weighted by atomic mass is 16.3. The molecule has 1 unspecified atom stereocenters. The first-order chi connectivity index (χ1) is 14.6. The van der Waals surface area contributed by atoms with Crippen molar-refractivity contribution >= 4 is 11.6 Å². The van der Waals surface area contributed by atoms with Crippen LogP contribution in [-0.2, 0) is 11.3 Å². The average molecular weight is 415 g/mol. The number of carbonyl (C=O) groups excluding carboxylic acids is 1. The number of nitrogens with one attached hydrogen (secondary N) is 1. The first-order valence-corrected chi connectivity index (χ1v) is 10.6. The molecule has 0 spiro atoms. The third-order valence-electron chi connectivity index (χ3n) is 5.91. The average Bonchev–Trinajstić information content (AvgIpc) is 3.27. The van der Waals surface area contributed by atoms with E-state index in [1.165, 1.54) is 0 Å². The van der Waals surface area contributed by atoms with Gasteiger partial charge in [-0.1, -0.05) is 0 Å². The van der Waals surface area contributed by atoms with E-state index in [2.05, 4.69) is 32.2 Å². The maximum Gasteiger partial charge on any atom is 0.269 e. The van der Waals surface area contributed by atoms with E-state index in [0.717, 1.165) is 57.0 Å². The Morgan fingerprint density at radius 2 is 2.10 bits per heavy atom. The molecule has 0 saturated carbocycles. The lowest BCUT2D eigenvalue weighted by atomic mass is 10.1. The van der Waals surface area contributed by atoms with E-state index in [1.54, 1.807) is 23.1 Å². The van der Waals surface area contributed by atoms with Crippen LogP contribution in [0.2, 0.25) is 0 Å². The number of furan rings is 1. The van der Waals surface area contributed by atoms with Gasteiger partial charge in [-0.25, -0.2) is 4.68 Å². The quantitative estimate of drug-likeness (QED) is 0.738. The van der Waals surface area contributed by atoms with Crippen molar-refractivity contribution in [2.75, 3.05) is 57.8 Å². The first-order valence-electron chi connectivity index (χ1n) is 10.6. The van der Waals surface area contributed by atoms with Gasteiger partial charge in [0.1, 0.15) is 5.76 Å². The summed E-state index contributed by atoms with van der Waals surface area (Å²) in [6.45, 7) is 5.99. The van der Waals surface area contributed by atoms with E-state index in [0.29, 0.717) is 19.6 Å². The molecule has 4 heterocycles. The molecule has 2 aromatic heterocycles. The SMILES string of the molecule is CN1CCN(c2cnn(C3CCCN(CC(=O)NCc4ccco4)C3)c(=O)c2)CC1. The molecule has 9 heteroatoms. The molecule has 2 aromatic rings. The summed E-state index contributed by atoms with van der Waals surface area (Å²) in [5, 5.41) is 7.37. The van der Waals surface area contributed by atoms with E-state index in [-0.39, 0.29) is 17.5 Å². The van der Waals surface area contributed by atoms with Gasteiger partial charge in [0.2, 0.25) is 5.91 Å². The Balaban J connectivity index is 1.33. The zero-order valence-electron chi connectivity index (χ0n) is 17.5. The summed E-state index contributed by atoms with van der Waals surface area (Å²) >= 11 is 0. The van der Waals surface area contributed by atoms with Crippen LogP contribution in [0.5, 0.6) is 0 Å². The van der Waals surface area contributed by atoms with Gasteiger partial charge in [0.15, 0.2) is 0 Å². The standard InChI is InChI=1S/C21H30N6O3/c1-24-7-9-26(10-8-24)18-12-21(29)27(23-13-18)17-4-2-6-25(15-17)16-20(28)22-14-19-5-3-11-30-19/h3,5,11-13,17H,2,4,6-10,14-16H2,1H3,(H,22,28). The number of hydrogen-bond acceptors (Lipinski definition) is 7. The van der Waals surface area contributed by atoms with Crippen molar-refractivity contribution in [1.82, 2.24) is 24.9 Å². The highest BCUT2D eigenvalue weighted by molar-refractivity contribution is 5.77. The molecule has 0 radical (unpaired) electrons. The van der Waals surface area contributed by atoms with Gasteiger partial charge < -0.3 is 19.5 Å². The molecular formula is C21H30N6O3. The summed E-state index contributed by atoms with van der Waals surface area (Å²) < 4.78 is 6.83. The number of piperidine rings is 1. The van der Waals surface area contributed by atoms with Crippen LogP contribution >= 0.6 is 0 Å².